The number of aliphatic hydroxyl groups is 1. The van der Waals surface area contributed by atoms with Crippen LogP contribution in [0.1, 0.15) is 5.56 Å². The Bertz CT molecular complexity index is 255. The topological polar surface area (TPSA) is 66.5 Å². The van der Waals surface area contributed by atoms with Crippen molar-refractivity contribution in [3.63, 3.8) is 0 Å². The van der Waals surface area contributed by atoms with Crippen molar-refractivity contribution in [1.82, 2.24) is 0 Å². The molecule has 1 rings (SSSR count). The number of nitrogens with two attached hydrogens (primary N) is 1. The number of phenols is 1. The second-order valence-electron chi connectivity index (χ2n) is 2.82. The molecule has 1 aromatic carbocycles. The third-order valence-electron chi connectivity index (χ3n) is 1.64. The molecule has 0 spiro atoms. The van der Waals surface area contributed by atoms with Crippen LogP contribution in [0, 0.1) is 0 Å². The van der Waals surface area contributed by atoms with Gasteiger partial charge in [0.2, 0.25) is 0 Å². The van der Waals surface area contributed by atoms with Crippen molar-refractivity contribution in [1.29, 1.82) is 0 Å². The summed E-state index contributed by atoms with van der Waals surface area (Å²) in [5.74, 6) is 0.234. The molecular formula is C9H14ClNO2. The number of aromatic hydroxyl groups is 1. The zero-order valence-electron chi connectivity index (χ0n) is 7.18. The minimum atomic E-state index is -0.244. The maximum absolute atomic E-state index is 9.10. The summed E-state index contributed by atoms with van der Waals surface area (Å²) in [4.78, 5) is 0. The second-order valence-corrected chi connectivity index (χ2v) is 2.82. The molecule has 0 heterocycles. The first-order valence-electron chi connectivity index (χ1n) is 3.86. The summed E-state index contributed by atoms with van der Waals surface area (Å²) in [6.45, 7) is -0.0321. The van der Waals surface area contributed by atoms with Gasteiger partial charge in [0, 0.05) is 6.04 Å². The Hall–Kier alpha value is -0.770. The Morgan fingerprint density at radius 1 is 1.38 bits per heavy atom. The maximum Gasteiger partial charge on any atom is 0.115 e. The van der Waals surface area contributed by atoms with Gasteiger partial charge >= 0.3 is 0 Å². The van der Waals surface area contributed by atoms with E-state index in [0.717, 1.165) is 5.56 Å². The van der Waals surface area contributed by atoms with E-state index >= 15 is 0 Å². The van der Waals surface area contributed by atoms with E-state index in [9.17, 15) is 0 Å². The molecule has 0 aromatic heterocycles. The Kier molecular flexibility index (Phi) is 5.46. The summed E-state index contributed by atoms with van der Waals surface area (Å²) in [6, 6.07) is 6.64. The van der Waals surface area contributed by atoms with Gasteiger partial charge in [0.1, 0.15) is 5.75 Å². The highest BCUT2D eigenvalue weighted by molar-refractivity contribution is 5.85. The van der Waals surface area contributed by atoms with Crippen molar-refractivity contribution < 1.29 is 10.2 Å². The van der Waals surface area contributed by atoms with Crippen LogP contribution in [0.2, 0.25) is 0 Å². The number of rotatable bonds is 3. The molecule has 0 aliphatic carbocycles. The van der Waals surface area contributed by atoms with Crippen molar-refractivity contribution in [3.8, 4) is 5.75 Å². The molecule has 1 unspecified atom stereocenters. The summed E-state index contributed by atoms with van der Waals surface area (Å²) in [5.41, 5.74) is 6.46. The number of halogens is 1. The zero-order valence-corrected chi connectivity index (χ0v) is 8.00. The predicted molar refractivity (Wildman–Crippen MR) is 54.1 cm³/mol. The van der Waals surface area contributed by atoms with Gasteiger partial charge in [0.05, 0.1) is 6.61 Å². The van der Waals surface area contributed by atoms with Crippen LogP contribution in [0.4, 0.5) is 0 Å². The van der Waals surface area contributed by atoms with Crippen molar-refractivity contribution in [2.24, 2.45) is 5.73 Å². The van der Waals surface area contributed by atoms with Crippen LogP contribution >= 0.6 is 12.4 Å². The van der Waals surface area contributed by atoms with E-state index in [1.54, 1.807) is 18.2 Å². The summed E-state index contributed by atoms with van der Waals surface area (Å²) in [6.07, 6.45) is 0.588. The molecule has 1 aromatic rings. The van der Waals surface area contributed by atoms with Gasteiger partial charge in [-0.25, -0.2) is 0 Å². The molecule has 0 saturated heterocycles. The van der Waals surface area contributed by atoms with Crippen LogP contribution in [0.5, 0.6) is 5.75 Å². The molecule has 0 radical (unpaired) electrons. The van der Waals surface area contributed by atoms with Crippen LogP contribution < -0.4 is 5.73 Å². The van der Waals surface area contributed by atoms with Crippen molar-refractivity contribution in [3.05, 3.63) is 29.8 Å². The highest BCUT2D eigenvalue weighted by Gasteiger charge is 2.01. The molecule has 0 aliphatic rings. The fourth-order valence-corrected chi connectivity index (χ4v) is 1.05. The second kappa shape index (κ2) is 5.80. The molecule has 1 atom stereocenters. The highest BCUT2D eigenvalue weighted by Crippen LogP contribution is 2.11. The molecule has 0 fully saturated rings. The third-order valence-corrected chi connectivity index (χ3v) is 1.64. The molecular weight excluding hydrogens is 190 g/mol. The first kappa shape index (κ1) is 12.2. The van der Waals surface area contributed by atoms with Crippen LogP contribution in [0.3, 0.4) is 0 Å². The summed E-state index contributed by atoms with van der Waals surface area (Å²) in [5, 5.41) is 17.8. The molecule has 0 aliphatic heterocycles. The van der Waals surface area contributed by atoms with Crippen LogP contribution in [0.15, 0.2) is 24.3 Å². The van der Waals surface area contributed by atoms with Gasteiger partial charge in [0.15, 0.2) is 0 Å². The van der Waals surface area contributed by atoms with Crippen molar-refractivity contribution >= 4 is 12.4 Å². The molecule has 0 amide bonds. The van der Waals surface area contributed by atoms with Crippen molar-refractivity contribution in [2.75, 3.05) is 6.61 Å². The lowest BCUT2D eigenvalue weighted by Gasteiger charge is -2.07. The normalized spacial score (nSPS) is 11.8. The standard InChI is InChI=1S/C9H13NO2.ClH/c10-8(6-11)4-7-2-1-3-9(12)5-7;/h1-3,5,8,11-12H,4,6,10H2;1H. The Morgan fingerprint density at radius 3 is 2.62 bits per heavy atom. The third kappa shape index (κ3) is 4.12. The first-order chi connectivity index (χ1) is 5.72. The van der Waals surface area contributed by atoms with Gasteiger partial charge in [-0.1, -0.05) is 12.1 Å². The fraction of sp³-hybridized carbons (Fsp3) is 0.333. The summed E-state index contributed by atoms with van der Waals surface area (Å²) < 4.78 is 0. The van der Waals surface area contributed by atoms with E-state index in [1.807, 2.05) is 6.07 Å². The molecule has 0 saturated carbocycles. The predicted octanol–water partition coefficient (Wildman–Crippen LogP) is 0.676. The number of phenolic OH excluding ortho intramolecular Hbond substituents is 1. The lowest BCUT2D eigenvalue weighted by Crippen LogP contribution is -2.26. The smallest absolute Gasteiger partial charge is 0.115 e. The Labute approximate surface area is 83.6 Å². The molecule has 4 heteroatoms. The Balaban J connectivity index is 0.00000144. The highest BCUT2D eigenvalue weighted by atomic mass is 35.5. The molecule has 74 valence electrons. The van der Waals surface area contributed by atoms with Gasteiger partial charge in [-0.15, -0.1) is 12.4 Å². The number of hydrogen-bond acceptors (Lipinski definition) is 3. The fourth-order valence-electron chi connectivity index (χ4n) is 1.05. The van der Waals surface area contributed by atoms with E-state index in [4.69, 9.17) is 15.9 Å². The minimum Gasteiger partial charge on any atom is -0.508 e. The average molecular weight is 204 g/mol. The average Bonchev–Trinajstić information content (AvgIpc) is 2.04. The maximum atomic E-state index is 9.10. The van der Waals surface area contributed by atoms with E-state index in [1.165, 1.54) is 0 Å². The zero-order chi connectivity index (χ0) is 8.97. The first-order valence-corrected chi connectivity index (χ1v) is 3.86. The molecule has 3 nitrogen and oxygen atoms in total. The van der Waals surface area contributed by atoms with Crippen molar-refractivity contribution in [2.45, 2.75) is 12.5 Å². The molecule has 4 N–H and O–H groups in total. The van der Waals surface area contributed by atoms with Crippen LogP contribution in [0.25, 0.3) is 0 Å². The van der Waals surface area contributed by atoms with E-state index in [-0.39, 0.29) is 30.8 Å². The molecule has 13 heavy (non-hydrogen) atoms. The minimum absolute atomic E-state index is 0. The number of benzene rings is 1. The lowest BCUT2D eigenvalue weighted by atomic mass is 10.1. The number of aliphatic hydroxyl groups excluding tert-OH is 1. The largest absolute Gasteiger partial charge is 0.508 e. The summed E-state index contributed by atoms with van der Waals surface area (Å²) in [7, 11) is 0. The van der Waals surface area contributed by atoms with Gasteiger partial charge in [-0.3, -0.25) is 0 Å². The SMILES string of the molecule is Cl.NC(CO)Cc1cccc(O)c1. The number of hydrogen-bond donors (Lipinski definition) is 3. The van der Waals surface area contributed by atoms with Gasteiger partial charge < -0.3 is 15.9 Å². The van der Waals surface area contributed by atoms with E-state index in [2.05, 4.69) is 0 Å². The summed E-state index contributed by atoms with van der Waals surface area (Å²) >= 11 is 0. The lowest BCUT2D eigenvalue weighted by molar-refractivity contribution is 0.265. The monoisotopic (exact) mass is 203 g/mol. The van der Waals surface area contributed by atoms with Crippen LogP contribution in [-0.4, -0.2) is 22.9 Å². The van der Waals surface area contributed by atoms with Gasteiger partial charge in [-0.2, -0.15) is 0 Å². The quantitative estimate of drug-likeness (QED) is 0.677. The van der Waals surface area contributed by atoms with Gasteiger partial charge in [-0.05, 0) is 24.1 Å². The van der Waals surface area contributed by atoms with Gasteiger partial charge in [0.25, 0.3) is 0 Å². The Morgan fingerprint density at radius 2 is 2.08 bits per heavy atom. The molecule has 0 bridgehead atoms. The van der Waals surface area contributed by atoms with Crippen LogP contribution in [-0.2, 0) is 6.42 Å². The van der Waals surface area contributed by atoms with E-state index < -0.39 is 0 Å². The van der Waals surface area contributed by atoms with E-state index in [0.29, 0.717) is 6.42 Å².